The predicted octanol–water partition coefficient (Wildman–Crippen LogP) is 0.544. The van der Waals surface area contributed by atoms with Gasteiger partial charge in [0.15, 0.2) is 10.6 Å². The van der Waals surface area contributed by atoms with Gasteiger partial charge in [-0.05, 0) is 25.2 Å². The Labute approximate surface area is 99.3 Å². The molecular weight excluding hydrogens is 222 g/mol. The van der Waals surface area contributed by atoms with E-state index in [-0.39, 0.29) is 10.8 Å². The van der Waals surface area contributed by atoms with Crippen LogP contribution in [0.15, 0.2) is 0 Å². The van der Waals surface area contributed by atoms with Gasteiger partial charge in [-0.2, -0.15) is 0 Å². The largest absolute Gasteiger partial charge is 0.367 e. The van der Waals surface area contributed by atoms with E-state index in [4.69, 9.17) is 5.73 Å². The Morgan fingerprint density at radius 1 is 1.53 bits per heavy atom. The lowest BCUT2D eigenvalue weighted by molar-refractivity contribution is -0.671. The highest BCUT2D eigenvalue weighted by Gasteiger charge is 2.83. The summed E-state index contributed by atoms with van der Waals surface area (Å²) in [6.07, 6.45) is 2.48. The first-order chi connectivity index (χ1) is 7.79. The number of nitrogens with zero attached hydrogens (tertiary/aromatic N) is 2. The molecule has 3 fully saturated rings. The highest BCUT2D eigenvalue weighted by molar-refractivity contribution is 5.87. The second-order valence-corrected chi connectivity index (χ2v) is 6.21. The highest BCUT2D eigenvalue weighted by atomic mass is 16.7. The molecule has 4 bridgehead atoms. The number of amides is 1. The summed E-state index contributed by atoms with van der Waals surface area (Å²) in [7, 11) is 0. The fraction of sp³-hybridized carbons (Fsp3) is 0.909. The molecule has 0 unspecified atom stereocenters. The lowest BCUT2D eigenvalue weighted by Gasteiger charge is -2.40. The molecule has 1 heterocycles. The third kappa shape index (κ3) is 0.788. The molecule has 0 aromatic rings. The van der Waals surface area contributed by atoms with Crippen molar-refractivity contribution >= 4 is 5.91 Å². The van der Waals surface area contributed by atoms with Crippen LogP contribution in [0.2, 0.25) is 0 Å². The molecule has 1 saturated heterocycles. The van der Waals surface area contributed by atoms with E-state index < -0.39 is 16.5 Å². The van der Waals surface area contributed by atoms with Crippen molar-refractivity contribution in [3.8, 4) is 0 Å². The molecule has 1 amide bonds. The maximum atomic E-state index is 11.9. The van der Waals surface area contributed by atoms with Gasteiger partial charge in [0, 0.05) is 10.8 Å². The van der Waals surface area contributed by atoms with Crippen LogP contribution in [0.25, 0.3) is 0 Å². The third-order valence-electron chi connectivity index (χ3n) is 6.13. The summed E-state index contributed by atoms with van der Waals surface area (Å²) in [4.78, 5) is 23.1. The van der Waals surface area contributed by atoms with Gasteiger partial charge in [0.05, 0.1) is 6.54 Å². The van der Waals surface area contributed by atoms with Crippen LogP contribution in [0.4, 0.5) is 0 Å². The second kappa shape index (κ2) is 2.57. The molecule has 6 nitrogen and oxygen atoms in total. The molecule has 4 atom stereocenters. The van der Waals surface area contributed by atoms with E-state index in [1.165, 1.54) is 0 Å². The van der Waals surface area contributed by atoms with Gasteiger partial charge in [0.25, 0.3) is 0 Å². The van der Waals surface area contributed by atoms with Crippen molar-refractivity contribution in [3.63, 3.8) is 0 Å². The molecule has 0 aromatic carbocycles. The predicted molar refractivity (Wildman–Crippen MR) is 59.2 cm³/mol. The van der Waals surface area contributed by atoms with Crippen LogP contribution in [0.1, 0.15) is 33.1 Å². The van der Waals surface area contributed by atoms with Crippen molar-refractivity contribution < 1.29 is 9.83 Å². The Hall–Kier alpha value is -1.33. The fourth-order valence-electron chi connectivity index (χ4n) is 4.94. The topological polar surface area (TPSA) is 89.5 Å². The zero-order valence-corrected chi connectivity index (χ0v) is 10.1. The number of nitrogens with two attached hydrogens (primary N) is 1. The van der Waals surface area contributed by atoms with Gasteiger partial charge in [-0.1, -0.05) is 13.8 Å². The van der Waals surface area contributed by atoms with Gasteiger partial charge in [0.1, 0.15) is 0 Å². The molecule has 17 heavy (non-hydrogen) atoms. The number of primary amides is 1. The van der Waals surface area contributed by atoms with Crippen molar-refractivity contribution in [3.05, 3.63) is 10.1 Å². The molecular formula is C11H17N3O3. The molecule has 2 saturated carbocycles. The summed E-state index contributed by atoms with van der Waals surface area (Å²) in [5, 5.41) is 11.9. The number of piperidine rings is 1. The average Bonchev–Trinajstić information content (AvgIpc) is 2.68. The molecule has 0 spiro atoms. The van der Waals surface area contributed by atoms with Crippen LogP contribution in [0.5, 0.6) is 0 Å². The highest BCUT2D eigenvalue weighted by Crippen LogP contribution is 2.75. The zero-order valence-electron chi connectivity index (χ0n) is 10.1. The lowest BCUT2D eigenvalue weighted by atomic mass is 9.65. The molecule has 0 radical (unpaired) electrons. The number of hydrazine groups is 1. The summed E-state index contributed by atoms with van der Waals surface area (Å²) in [6, 6.07) is 0. The van der Waals surface area contributed by atoms with Crippen LogP contribution in [-0.2, 0) is 4.79 Å². The number of carbonyl (C=O) groups is 1. The number of carbonyl (C=O) groups excluding carboxylic acids is 1. The Kier molecular flexibility index (Phi) is 1.63. The minimum Gasteiger partial charge on any atom is -0.367 e. The quantitative estimate of drug-likeness (QED) is 0.562. The molecule has 2 aliphatic carbocycles. The summed E-state index contributed by atoms with van der Waals surface area (Å²) < 4.78 is 0. The van der Waals surface area contributed by atoms with Crippen molar-refractivity contribution in [2.24, 2.45) is 22.5 Å². The first kappa shape index (κ1) is 10.8. The van der Waals surface area contributed by atoms with E-state index >= 15 is 0 Å². The van der Waals surface area contributed by atoms with E-state index in [1.54, 1.807) is 0 Å². The fourth-order valence-corrected chi connectivity index (χ4v) is 4.94. The summed E-state index contributed by atoms with van der Waals surface area (Å²) >= 11 is 0. The Morgan fingerprint density at radius 3 is 2.65 bits per heavy atom. The maximum absolute atomic E-state index is 11.9. The third-order valence-corrected chi connectivity index (χ3v) is 6.13. The van der Waals surface area contributed by atoms with E-state index in [9.17, 15) is 14.9 Å². The molecule has 0 aromatic heterocycles. The Morgan fingerprint density at radius 2 is 2.18 bits per heavy atom. The van der Waals surface area contributed by atoms with Gasteiger partial charge in [0.2, 0.25) is 5.91 Å². The van der Waals surface area contributed by atoms with Crippen molar-refractivity contribution in [1.29, 1.82) is 0 Å². The molecule has 3 rings (SSSR count). The summed E-state index contributed by atoms with van der Waals surface area (Å²) in [5.41, 5.74) is 3.99. The van der Waals surface area contributed by atoms with Gasteiger partial charge in [-0.25, -0.2) is 10.1 Å². The van der Waals surface area contributed by atoms with E-state index in [1.807, 2.05) is 6.92 Å². The van der Waals surface area contributed by atoms with Gasteiger partial charge in [-0.3, -0.25) is 4.79 Å². The Balaban J connectivity index is 2.21. The first-order valence-corrected chi connectivity index (χ1v) is 6.01. The van der Waals surface area contributed by atoms with Crippen molar-refractivity contribution in [2.45, 2.75) is 38.6 Å². The Bertz CT molecular complexity index is 440. The van der Waals surface area contributed by atoms with Gasteiger partial charge in [-0.15, -0.1) is 5.01 Å². The molecule has 6 heteroatoms. The number of hydrogen-bond donors (Lipinski definition) is 1. The van der Waals surface area contributed by atoms with Gasteiger partial charge >= 0.3 is 0 Å². The molecule has 2 N–H and O–H groups in total. The van der Waals surface area contributed by atoms with Crippen LogP contribution in [0, 0.1) is 26.9 Å². The monoisotopic (exact) mass is 239 g/mol. The maximum Gasteiger partial charge on any atom is 0.249 e. The normalized spacial score (nSPS) is 50.9. The summed E-state index contributed by atoms with van der Waals surface area (Å²) in [6.45, 7) is 4.44. The minimum absolute atomic E-state index is 0.144. The lowest BCUT2D eigenvalue weighted by Crippen LogP contribution is -2.63. The summed E-state index contributed by atoms with van der Waals surface area (Å²) in [5.74, 6) is -0.126. The van der Waals surface area contributed by atoms with E-state index in [0.29, 0.717) is 18.9 Å². The van der Waals surface area contributed by atoms with Crippen molar-refractivity contribution in [2.75, 3.05) is 6.54 Å². The standard InChI is InChI=1S/C11H17N3O3/c1-9-6-13(14(16)17)11(8(12)15)5-7(9)3-4-10(9,11)2/h7H,3-6H2,1-2H3,(H2,12,15)/t7-,9+,10+,11+/m1/s1. The van der Waals surface area contributed by atoms with E-state index in [0.717, 1.165) is 17.9 Å². The van der Waals surface area contributed by atoms with E-state index in [2.05, 4.69) is 6.92 Å². The van der Waals surface area contributed by atoms with Crippen LogP contribution in [0.3, 0.4) is 0 Å². The number of nitro groups is 1. The molecule has 3 aliphatic rings. The SMILES string of the molecule is C[C@@]12CC[C@@H]3C[C@@]1(C(N)=O)N([N+](=O)[O-])C[C@@]32C. The smallest absolute Gasteiger partial charge is 0.249 e. The number of rotatable bonds is 2. The van der Waals surface area contributed by atoms with Crippen LogP contribution < -0.4 is 5.73 Å². The first-order valence-electron chi connectivity index (χ1n) is 6.01. The van der Waals surface area contributed by atoms with Crippen LogP contribution >= 0.6 is 0 Å². The minimum atomic E-state index is -1.06. The zero-order chi connectivity index (χ0) is 12.6. The van der Waals surface area contributed by atoms with Crippen molar-refractivity contribution in [1.82, 2.24) is 5.01 Å². The molecule has 1 aliphatic heterocycles. The van der Waals surface area contributed by atoms with Gasteiger partial charge < -0.3 is 5.73 Å². The van der Waals surface area contributed by atoms with Crippen LogP contribution in [-0.4, -0.2) is 28.0 Å². The average molecular weight is 239 g/mol. The number of hydrogen-bond acceptors (Lipinski definition) is 3. The molecule has 94 valence electrons. The second-order valence-electron chi connectivity index (χ2n) is 6.21.